The maximum Gasteiger partial charge on any atom is 0.254 e. The number of amides is 2. The van der Waals surface area contributed by atoms with Crippen molar-refractivity contribution in [1.29, 1.82) is 0 Å². The number of rotatable bonds is 6. The Kier molecular flexibility index (Phi) is 4.42. The lowest BCUT2D eigenvalue weighted by molar-refractivity contribution is -0.124. The third-order valence-corrected chi connectivity index (χ3v) is 5.16. The van der Waals surface area contributed by atoms with Crippen LogP contribution in [0.4, 0.5) is 17.5 Å². The summed E-state index contributed by atoms with van der Waals surface area (Å²) >= 11 is 0. The van der Waals surface area contributed by atoms with E-state index in [1.807, 2.05) is 25.1 Å². The Morgan fingerprint density at radius 3 is 2.80 bits per heavy atom. The van der Waals surface area contributed by atoms with Crippen molar-refractivity contribution in [1.82, 2.24) is 24.9 Å². The van der Waals surface area contributed by atoms with Gasteiger partial charge in [-0.15, -0.1) is 0 Å². The first-order chi connectivity index (χ1) is 14.5. The van der Waals surface area contributed by atoms with E-state index in [1.165, 1.54) is 12.8 Å². The van der Waals surface area contributed by atoms with Crippen LogP contribution in [-0.2, 0) is 9.59 Å². The van der Waals surface area contributed by atoms with Gasteiger partial charge in [0.15, 0.2) is 5.65 Å². The number of hydrogen-bond acceptors (Lipinski definition) is 7. The van der Waals surface area contributed by atoms with Crippen molar-refractivity contribution in [3.05, 3.63) is 47.3 Å². The number of anilines is 3. The molecule has 3 N–H and O–H groups in total. The van der Waals surface area contributed by atoms with Crippen molar-refractivity contribution in [2.24, 2.45) is 5.92 Å². The van der Waals surface area contributed by atoms with E-state index in [1.54, 1.807) is 23.0 Å². The summed E-state index contributed by atoms with van der Waals surface area (Å²) in [6, 6.07) is 5.77. The third kappa shape index (κ3) is 3.73. The highest BCUT2D eigenvalue weighted by Crippen LogP contribution is 2.30. The average Bonchev–Trinajstić information content (AvgIpc) is 3.39. The molecule has 3 aromatic rings. The average molecular weight is 403 g/mol. The van der Waals surface area contributed by atoms with Crippen LogP contribution in [0.1, 0.15) is 30.4 Å². The number of carbonyl (C=O) groups excluding carboxylic acids is 2. The maximum absolute atomic E-state index is 12.0. The van der Waals surface area contributed by atoms with Gasteiger partial charge in [-0.25, -0.2) is 9.97 Å². The van der Waals surface area contributed by atoms with E-state index >= 15 is 0 Å². The lowest BCUT2D eigenvalue weighted by Gasteiger charge is -2.11. The van der Waals surface area contributed by atoms with Crippen LogP contribution in [-0.4, -0.2) is 37.9 Å². The molecule has 30 heavy (non-hydrogen) atoms. The number of nitrogens with zero attached hydrogens (tertiary/aromatic N) is 4. The van der Waals surface area contributed by atoms with E-state index in [4.69, 9.17) is 4.98 Å². The minimum Gasteiger partial charge on any atom is -0.370 e. The van der Waals surface area contributed by atoms with E-state index in [9.17, 15) is 9.59 Å². The summed E-state index contributed by atoms with van der Waals surface area (Å²) in [7, 11) is 0. The molecule has 0 unspecified atom stereocenters. The highest BCUT2D eigenvalue weighted by atomic mass is 16.2. The highest BCUT2D eigenvalue weighted by molar-refractivity contribution is 6.15. The van der Waals surface area contributed by atoms with Gasteiger partial charge in [-0.05, 0) is 43.4 Å². The molecule has 1 saturated heterocycles. The predicted molar refractivity (Wildman–Crippen MR) is 112 cm³/mol. The van der Waals surface area contributed by atoms with Crippen molar-refractivity contribution in [3.8, 4) is 0 Å². The van der Waals surface area contributed by atoms with Crippen molar-refractivity contribution in [2.75, 3.05) is 17.2 Å². The van der Waals surface area contributed by atoms with Crippen LogP contribution in [0, 0.1) is 12.8 Å². The van der Waals surface area contributed by atoms with Crippen LogP contribution in [0.5, 0.6) is 0 Å². The highest BCUT2D eigenvalue weighted by Gasteiger charge is 2.25. The number of hydrogen-bond donors (Lipinski definition) is 3. The Morgan fingerprint density at radius 2 is 2.10 bits per heavy atom. The van der Waals surface area contributed by atoms with Gasteiger partial charge in [0.05, 0.1) is 12.6 Å². The molecule has 0 atom stereocenters. The Bertz CT molecular complexity index is 1180. The molecule has 152 valence electrons. The number of imide groups is 1. The summed E-state index contributed by atoms with van der Waals surface area (Å²) in [5, 5.41) is 13.4. The monoisotopic (exact) mass is 403 g/mol. The molecule has 9 nitrogen and oxygen atoms in total. The van der Waals surface area contributed by atoms with Gasteiger partial charge in [-0.1, -0.05) is 6.07 Å². The maximum atomic E-state index is 12.0. The van der Waals surface area contributed by atoms with Gasteiger partial charge in [0.1, 0.15) is 17.5 Å². The normalized spacial score (nSPS) is 17.6. The number of nitrogens with one attached hydrogen (secondary N) is 3. The first-order valence-electron chi connectivity index (χ1n) is 9.92. The largest absolute Gasteiger partial charge is 0.370 e. The first kappa shape index (κ1) is 18.3. The number of carbonyl (C=O) groups is 2. The molecule has 5 rings (SSSR count). The fraction of sp³-hybridized carbons (Fsp3) is 0.286. The van der Waals surface area contributed by atoms with Crippen molar-refractivity contribution in [3.63, 3.8) is 0 Å². The third-order valence-electron chi connectivity index (χ3n) is 5.16. The SMILES string of the molecule is Cc1ccc(Nc2cc(NCC3CC3)n3ncc(/C=C4\CC(=O)NC4=O)c3n2)nc1. The van der Waals surface area contributed by atoms with E-state index < -0.39 is 0 Å². The van der Waals surface area contributed by atoms with Crippen LogP contribution >= 0.6 is 0 Å². The summed E-state index contributed by atoms with van der Waals surface area (Å²) in [6.45, 7) is 2.85. The molecule has 2 aliphatic rings. The Morgan fingerprint density at radius 1 is 1.23 bits per heavy atom. The number of aromatic nitrogens is 4. The molecular formula is C21H21N7O2. The first-order valence-corrected chi connectivity index (χ1v) is 9.92. The van der Waals surface area contributed by atoms with Gasteiger partial charge in [0.25, 0.3) is 5.91 Å². The standard InChI is InChI=1S/C21H21N7O2/c1-12-2-5-16(22-9-12)25-17-8-18(23-10-13-3-4-13)28-20(26-17)15(11-24-28)6-14-7-19(29)27-21(14)30/h2,5-6,8-9,11,13,23H,3-4,7,10H2,1H3,(H,22,25,26)(H,27,29,30)/b14-6+. The van der Waals surface area contributed by atoms with E-state index in [0.29, 0.717) is 34.3 Å². The molecule has 3 aromatic heterocycles. The van der Waals surface area contributed by atoms with Crippen LogP contribution in [0.3, 0.4) is 0 Å². The van der Waals surface area contributed by atoms with Crippen LogP contribution in [0.15, 0.2) is 36.2 Å². The number of fused-ring (bicyclic) bond motifs is 1. The molecular weight excluding hydrogens is 382 g/mol. The van der Waals surface area contributed by atoms with E-state index in [-0.39, 0.29) is 18.2 Å². The molecule has 0 bridgehead atoms. The van der Waals surface area contributed by atoms with E-state index in [2.05, 4.69) is 26.0 Å². The molecule has 4 heterocycles. The van der Waals surface area contributed by atoms with Gasteiger partial charge < -0.3 is 10.6 Å². The summed E-state index contributed by atoms with van der Waals surface area (Å²) < 4.78 is 1.72. The van der Waals surface area contributed by atoms with Crippen molar-refractivity contribution >= 4 is 41.0 Å². The summed E-state index contributed by atoms with van der Waals surface area (Å²) in [5.41, 5.74) is 2.74. The van der Waals surface area contributed by atoms with Crippen LogP contribution in [0.25, 0.3) is 11.7 Å². The molecule has 1 aliphatic heterocycles. The molecule has 2 amide bonds. The fourth-order valence-corrected chi connectivity index (χ4v) is 3.32. The van der Waals surface area contributed by atoms with Gasteiger partial charge in [-0.3, -0.25) is 14.9 Å². The minimum atomic E-state index is -0.371. The minimum absolute atomic E-state index is 0.0637. The number of pyridine rings is 1. The van der Waals surface area contributed by atoms with Crippen molar-refractivity contribution < 1.29 is 9.59 Å². The van der Waals surface area contributed by atoms with Gasteiger partial charge >= 0.3 is 0 Å². The lowest BCUT2D eigenvalue weighted by atomic mass is 10.1. The number of aryl methyl sites for hydroxylation is 1. The molecule has 0 radical (unpaired) electrons. The van der Waals surface area contributed by atoms with Gasteiger partial charge in [0.2, 0.25) is 5.91 Å². The summed E-state index contributed by atoms with van der Waals surface area (Å²) in [4.78, 5) is 32.5. The zero-order valence-electron chi connectivity index (χ0n) is 16.5. The predicted octanol–water partition coefficient (Wildman–Crippen LogP) is 2.43. The quantitative estimate of drug-likeness (QED) is 0.428. The van der Waals surface area contributed by atoms with Crippen LogP contribution < -0.4 is 16.0 Å². The summed E-state index contributed by atoms with van der Waals surface area (Å²) in [6.07, 6.45) is 7.65. The Balaban J connectivity index is 1.54. The van der Waals surface area contributed by atoms with Crippen molar-refractivity contribution in [2.45, 2.75) is 26.2 Å². The fourth-order valence-electron chi connectivity index (χ4n) is 3.32. The van der Waals surface area contributed by atoms with Crippen LogP contribution in [0.2, 0.25) is 0 Å². The van der Waals surface area contributed by atoms with Gasteiger partial charge in [-0.2, -0.15) is 9.61 Å². The summed E-state index contributed by atoms with van der Waals surface area (Å²) in [5.74, 6) is 2.13. The molecule has 1 saturated carbocycles. The Hall–Kier alpha value is -3.75. The molecule has 1 aliphatic carbocycles. The van der Waals surface area contributed by atoms with E-state index in [0.717, 1.165) is 17.9 Å². The second-order valence-electron chi connectivity index (χ2n) is 7.76. The second-order valence-corrected chi connectivity index (χ2v) is 7.76. The zero-order valence-corrected chi connectivity index (χ0v) is 16.5. The Labute approximate surface area is 172 Å². The molecule has 2 fully saturated rings. The smallest absolute Gasteiger partial charge is 0.254 e. The van der Waals surface area contributed by atoms with Gasteiger partial charge in [0, 0.05) is 29.9 Å². The molecule has 0 aromatic carbocycles. The lowest BCUT2D eigenvalue weighted by Crippen LogP contribution is -2.19. The molecule has 9 heteroatoms. The molecule has 0 spiro atoms. The zero-order chi connectivity index (χ0) is 20.7. The second kappa shape index (κ2) is 7.25. The topological polar surface area (TPSA) is 113 Å².